The quantitative estimate of drug-likeness (QED) is 0.486. The highest BCUT2D eigenvalue weighted by Gasteiger charge is 2.34. The van der Waals surface area contributed by atoms with Crippen molar-refractivity contribution in [1.82, 2.24) is 3.97 Å². The molecule has 7 nitrogen and oxygen atoms in total. The highest BCUT2D eigenvalue weighted by Crippen LogP contribution is 2.41. The number of aromatic nitrogens is 1. The van der Waals surface area contributed by atoms with E-state index in [1.807, 2.05) is 13.8 Å². The van der Waals surface area contributed by atoms with Crippen LogP contribution < -0.4 is 4.90 Å². The molecule has 3 rings (SSSR count). The van der Waals surface area contributed by atoms with E-state index in [-0.39, 0.29) is 16.4 Å². The number of benzene rings is 2. The van der Waals surface area contributed by atoms with E-state index in [2.05, 4.69) is 0 Å². The third kappa shape index (κ3) is 2.72. The summed E-state index contributed by atoms with van der Waals surface area (Å²) in [5, 5.41) is 12.1. The average Bonchev–Trinajstić information content (AvgIpc) is 2.99. The van der Waals surface area contributed by atoms with Gasteiger partial charge in [-0.05, 0) is 38.1 Å². The fraction of sp³-hybridized carbons (Fsp3) is 0.222. The maximum absolute atomic E-state index is 13.4. The zero-order chi connectivity index (χ0) is 18.9. The smallest absolute Gasteiger partial charge is 0.320 e. The standard InChI is InChI=1S/C18H19N3O4S/c1-3-19(4-2)18-17(21(22)23)15-12-8-9-13-16(15)20(18)26(24,25)14-10-6-5-7-11-14/h5-13H,3-4H2,1-2H3. The van der Waals surface area contributed by atoms with Crippen molar-refractivity contribution >= 4 is 32.4 Å². The summed E-state index contributed by atoms with van der Waals surface area (Å²) in [5.41, 5.74) is 0.105. The van der Waals surface area contributed by atoms with Gasteiger partial charge >= 0.3 is 5.69 Å². The van der Waals surface area contributed by atoms with Crippen LogP contribution in [0.1, 0.15) is 13.8 Å². The molecule has 0 N–H and O–H groups in total. The number of hydrogen-bond donors (Lipinski definition) is 0. The highest BCUT2D eigenvalue weighted by atomic mass is 32.2. The van der Waals surface area contributed by atoms with Crippen LogP contribution in [0.25, 0.3) is 10.9 Å². The largest absolute Gasteiger partial charge is 0.352 e. The van der Waals surface area contributed by atoms with E-state index in [1.165, 1.54) is 12.1 Å². The number of hydrogen-bond acceptors (Lipinski definition) is 5. The molecular weight excluding hydrogens is 354 g/mol. The fourth-order valence-corrected chi connectivity index (χ4v) is 4.66. The Labute approximate surface area is 151 Å². The van der Waals surface area contributed by atoms with E-state index in [9.17, 15) is 18.5 Å². The van der Waals surface area contributed by atoms with E-state index < -0.39 is 14.9 Å². The number of para-hydroxylation sites is 1. The molecule has 0 bridgehead atoms. The molecule has 0 aliphatic heterocycles. The van der Waals surface area contributed by atoms with Crippen LogP contribution in [0.15, 0.2) is 59.5 Å². The Kier molecular flexibility index (Phi) is 4.69. The maximum Gasteiger partial charge on any atom is 0.320 e. The Balaban J connectivity index is 2.49. The van der Waals surface area contributed by atoms with Crippen molar-refractivity contribution in [3.8, 4) is 0 Å². The number of fused-ring (bicyclic) bond motifs is 1. The van der Waals surface area contributed by atoms with Crippen LogP contribution in [-0.2, 0) is 10.0 Å². The zero-order valence-electron chi connectivity index (χ0n) is 14.5. The molecule has 0 unspecified atom stereocenters. The van der Waals surface area contributed by atoms with Crippen LogP contribution in [0.3, 0.4) is 0 Å². The minimum absolute atomic E-state index is 0.0871. The van der Waals surface area contributed by atoms with E-state index in [0.717, 1.165) is 3.97 Å². The number of nitro groups is 1. The van der Waals surface area contributed by atoms with Gasteiger partial charge in [0.05, 0.1) is 20.7 Å². The van der Waals surface area contributed by atoms with E-state index in [4.69, 9.17) is 0 Å². The van der Waals surface area contributed by atoms with Crippen molar-refractivity contribution in [2.45, 2.75) is 18.7 Å². The SMILES string of the molecule is CCN(CC)c1c([N+](=O)[O-])c2ccccc2n1S(=O)(=O)c1ccccc1. The van der Waals surface area contributed by atoms with Crippen molar-refractivity contribution in [1.29, 1.82) is 0 Å². The predicted molar refractivity (Wildman–Crippen MR) is 101 cm³/mol. The first-order valence-electron chi connectivity index (χ1n) is 8.26. The number of rotatable bonds is 6. The molecule has 8 heteroatoms. The monoisotopic (exact) mass is 373 g/mol. The molecule has 0 amide bonds. The topological polar surface area (TPSA) is 85.4 Å². The number of nitrogens with zero attached hydrogens (tertiary/aromatic N) is 3. The summed E-state index contributed by atoms with van der Waals surface area (Å²) < 4.78 is 27.8. The second-order valence-electron chi connectivity index (χ2n) is 5.70. The summed E-state index contributed by atoms with van der Waals surface area (Å²) in [4.78, 5) is 13.1. The van der Waals surface area contributed by atoms with Gasteiger partial charge in [0.1, 0.15) is 0 Å². The highest BCUT2D eigenvalue weighted by molar-refractivity contribution is 7.90. The Morgan fingerprint density at radius 3 is 2.15 bits per heavy atom. The molecule has 0 spiro atoms. The van der Waals surface area contributed by atoms with E-state index in [1.54, 1.807) is 47.4 Å². The van der Waals surface area contributed by atoms with E-state index in [0.29, 0.717) is 24.0 Å². The molecule has 136 valence electrons. The van der Waals surface area contributed by atoms with Crippen LogP contribution in [-0.4, -0.2) is 30.4 Å². The van der Waals surface area contributed by atoms with Gasteiger partial charge in [0, 0.05) is 13.1 Å². The van der Waals surface area contributed by atoms with Crippen molar-refractivity contribution in [2.24, 2.45) is 0 Å². The third-order valence-electron chi connectivity index (χ3n) is 4.31. The normalized spacial score (nSPS) is 11.6. The fourth-order valence-electron chi connectivity index (χ4n) is 3.10. The predicted octanol–water partition coefficient (Wildman–Crippen LogP) is 3.63. The summed E-state index contributed by atoms with van der Waals surface area (Å²) >= 11 is 0. The first-order valence-corrected chi connectivity index (χ1v) is 9.70. The first kappa shape index (κ1) is 17.9. The first-order chi connectivity index (χ1) is 12.4. The molecule has 0 saturated carbocycles. The van der Waals surface area contributed by atoms with Gasteiger partial charge in [0.2, 0.25) is 5.82 Å². The van der Waals surface area contributed by atoms with Crippen LogP contribution in [0, 0.1) is 10.1 Å². The lowest BCUT2D eigenvalue weighted by molar-refractivity contribution is -0.382. The maximum atomic E-state index is 13.4. The lowest BCUT2D eigenvalue weighted by Gasteiger charge is -2.22. The Morgan fingerprint density at radius 2 is 1.58 bits per heavy atom. The molecule has 0 saturated heterocycles. The van der Waals surface area contributed by atoms with Crippen molar-refractivity contribution in [3.05, 3.63) is 64.7 Å². The summed E-state index contributed by atoms with van der Waals surface area (Å²) in [5.74, 6) is 0.0880. The molecule has 0 fully saturated rings. The second kappa shape index (κ2) is 6.80. The van der Waals surface area contributed by atoms with Gasteiger partial charge in [-0.1, -0.05) is 30.3 Å². The molecule has 0 radical (unpaired) electrons. The summed E-state index contributed by atoms with van der Waals surface area (Å²) in [6, 6.07) is 14.5. The summed E-state index contributed by atoms with van der Waals surface area (Å²) in [6.45, 7) is 4.56. The van der Waals surface area contributed by atoms with Gasteiger partial charge < -0.3 is 4.90 Å². The summed E-state index contributed by atoms with van der Waals surface area (Å²) in [6.07, 6.45) is 0. The van der Waals surface area contributed by atoms with Crippen LogP contribution >= 0.6 is 0 Å². The van der Waals surface area contributed by atoms with E-state index >= 15 is 0 Å². The molecular formula is C18H19N3O4S. The molecule has 2 aromatic carbocycles. The molecule has 3 aromatic rings. The van der Waals surface area contributed by atoms with Gasteiger partial charge in [-0.2, -0.15) is 0 Å². The van der Waals surface area contributed by atoms with Crippen molar-refractivity contribution in [3.63, 3.8) is 0 Å². The molecule has 0 atom stereocenters. The van der Waals surface area contributed by atoms with Gasteiger partial charge in [-0.25, -0.2) is 12.4 Å². The van der Waals surface area contributed by atoms with Crippen LogP contribution in [0.4, 0.5) is 11.5 Å². The average molecular weight is 373 g/mol. The zero-order valence-corrected chi connectivity index (χ0v) is 15.3. The van der Waals surface area contributed by atoms with Crippen molar-refractivity contribution in [2.75, 3.05) is 18.0 Å². The Morgan fingerprint density at radius 1 is 1.00 bits per heavy atom. The summed E-state index contributed by atoms with van der Waals surface area (Å²) in [7, 11) is -4.00. The third-order valence-corrected chi connectivity index (χ3v) is 6.03. The molecule has 1 heterocycles. The van der Waals surface area contributed by atoms with Crippen molar-refractivity contribution < 1.29 is 13.3 Å². The van der Waals surface area contributed by atoms with Crippen LogP contribution in [0.5, 0.6) is 0 Å². The Bertz CT molecular complexity index is 1050. The minimum atomic E-state index is -4.00. The number of anilines is 1. The Hall–Kier alpha value is -2.87. The molecule has 0 aliphatic carbocycles. The van der Waals surface area contributed by atoms with Gasteiger partial charge in [-0.15, -0.1) is 0 Å². The van der Waals surface area contributed by atoms with Gasteiger partial charge in [-0.3, -0.25) is 10.1 Å². The lowest BCUT2D eigenvalue weighted by atomic mass is 10.2. The lowest BCUT2D eigenvalue weighted by Crippen LogP contribution is -2.28. The van der Waals surface area contributed by atoms with Gasteiger partial charge in [0.15, 0.2) is 0 Å². The molecule has 0 aliphatic rings. The molecule has 1 aromatic heterocycles. The second-order valence-corrected chi connectivity index (χ2v) is 7.49. The minimum Gasteiger partial charge on any atom is -0.352 e. The van der Waals surface area contributed by atoms with Crippen LogP contribution in [0.2, 0.25) is 0 Å². The van der Waals surface area contributed by atoms with Gasteiger partial charge in [0.25, 0.3) is 10.0 Å². The molecule has 26 heavy (non-hydrogen) atoms.